The molecule has 0 unspecified atom stereocenters. The van der Waals surface area contributed by atoms with E-state index in [4.69, 9.17) is 4.74 Å². The van der Waals surface area contributed by atoms with Gasteiger partial charge in [-0.05, 0) is 48.9 Å². The molecule has 17 heavy (non-hydrogen) atoms. The van der Waals surface area contributed by atoms with Crippen LogP contribution in [0.1, 0.15) is 13.8 Å². The molecule has 0 radical (unpaired) electrons. The van der Waals surface area contributed by atoms with Crippen LogP contribution in [0.3, 0.4) is 0 Å². The summed E-state index contributed by atoms with van der Waals surface area (Å²) in [4.78, 5) is 2.35. The van der Waals surface area contributed by atoms with E-state index in [1.165, 1.54) is 16.5 Å². The van der Waals surface area contributed by atoms with E-state index in [1.807, 2.05) is 6.07 Å². The third-order valence-corrected chi connectivity index (χ3v) is 3.16. The zero-order valence-electron chi connectivity index (χ0n) is 10.7. The number of rotatable bonds is 4. The lowest BCUT2D eigenvalue weighted by molar-refractivity contribution is 0.415. The average Bonchev–Trinajstić information content (AvgIpc) is 2.39. The van der Waals surface area contributed by atoms with E-state index in [0.717, 1.165) is 18.8 Å². The highest BCUT2D eigenvalue weighted by atomic mass is 16.5. The first kappa shape index (κ1) is 11.8. The Bertz CT molecular complexity index is 503. The molecule has 0 spiro atoms. The molecular weight excluding hydrogens is 210 g/mol. The highest BCUT2D eigenvalue weighted by Crippen LogP contribution is 2.25. The Morgan fingerprint density at radius 3 is 2.24 bits per heavy atom. The van der Waals surface area contributed by atoms with Crippen LogP contribution in [0.2, 0.25) is 0 Å². The maximum atomic E-state index is 5.23. The van der Waals surface area contributed by atoms with Crippen LogP contribution in [0.5, 0.6) is 5.75 Å². The van der Waals surface area contributed by atoms with Crippen LogP contribution in [0, 0.1) is 0 Å². The van der Waals surface area contributed by atoms with E-state index in [2.05, 4.69) is 49.1 Å². The molecule has 2 heteroatoms. The lowest BCUT2D eigenvalue weighted by atomic mass is 10.1. The van der Waals surface area contributed by atoms with Crippen LogP contribution >= 0.6 is 0 Å². The Morgan fingerprint density at radius 1 is 0.941 bits per heavy atom. The Morgan fingerprint density at radius 2 is 1.59 bits per heavy atom. The predicted molar refractivity (Wildman–Crippen MR) is 74.1 cm³/mol. The van der Waals surface area contributed by atoms with Crippen LogP contribution in [-0.2, 0) is 0 Å². The van der Waals surface area contributed by atoms with Gasteiger partial charge in [0.05, 0.1) is 7.11 Å². The number of nitrogens with zero attached hydrogens (tertiary/aromatic N) is 1. The van der Waals surface area contributed by atoms with E-state index in [0.29, 0.717) is 0 Å². The smallest absolute Gasteiger partial charge is 0.119 e. The molecule has 0 heterocycles. The van der Waals surface area contributed by atoms with E-state index in [1.54, 1.807) is 7.11 Å². The van der Waals surface area contributed by atoms with Crippen molar-refractivity contribution in [1.82, 2.24) is 0 Å². The van der Waals surface area contributed by atoms with Gasteiger partial charge >= 0.3 is 0 Å². The largest absolute Gasteiger partial charge is 0.497 e. The van der Waals surface area contributed by atoms with Crippen molar-refractivity contribution in [1.29, 1.82) is 0 Å². The standard InChI is InChI=1S/C15H19NO/c1-4-16(5-2)14-8-6-13-11-15(17-3)9-7-12(13)10-14/h6-11H,4-5H2,1-3H3. The summed E-state index contributed by atoms with van der Waals surface area (Å²) in [5, 5.41) is 2.48. The van der Waals surface area contributed by atoms with Crippen molar-refractivity contribution in [3.05, 3.63) is 36.4 Å². The van der Waals surface area contributed by atoms with Gasteiger partial charge in [-0.2, -0.15) is 0 Å². The van der Waals surface area contributed by atoms with E-state index < -0.39 is 0 Å². The normalized spacial score (nSPS) is 10.5. The first-order valence-corrected chi connectivity index (χ1v) is 6.11. The van der Waals surface area contributed by atoms with E-state index in [-0.39, 0.29) is 0 Å². The summed E-state index contributed by atoms with van der Waals surface area (Å²) >= 11 is 0. The molecule has 0 saturated heterocycles. The Kier molecular flexibility index (Phi) is 3.52. The molecule has 2 aromatic carbocycles. The topological polar surface area (TPSA) is 12.5 Å². The number of anilines is 1. The summed E-state index contributed by atoms with van der Waals surface area (Å²) in [5.74, 6) is 0.910. The van der Waals surface area contributed by atoms with Gasteiger partial charge in [0.15, 0.2) is 0 Å². The monoisotopic (exact) mass is 229 g/mol. The van der Waals surface area contributed by atoms with E-state index >= 15 is 0 Å². The van der Waals surface area contributed by atoms with Gasteiger partial charge in [-0.3, -0.25) is 0 Å². The highest BCUT2D eigenvalue weighted by Gasteiger charge is 2.03. The highest BCUT2D eigenvalue weighted by molar-refractivity contribution is 5.87. The lowest BCUT2D eigenvalue weighted by Crippen LogP contribution is -2.21. The van der Waals surface area contributed by atoms with Crippen molar-refractivity contribution in [2.24, 2.45) is 0 Å². The van der Waals surface area contributed by atoms with Crippen molar-refractivity contribution in [3.63, 3.8) is 0 Å². The minimum Gasteiger partial charge on any atom is -0.497 e. The number of ether oxygens (including phenoxy) is 1. The molecule has 0 aliphatic carbocycles. The van der Waals surface area contributed by atoms with E-state index in [9.17, 15) is 0 Å². The zero-order valence-corrected chi connectivity index (χ0v) is 10.7. The predicted octanol–water partition coefficient (Wildman–Crippen LogP) is 3.69. The number of hydrogen-bond donors (Lipinski definition) is 0. The fourth-order valence-electron chi connectivity index (χ4n) is 2.12. The molecular formula is C15H19NO. The molecule has 2 aromatic rings. The number of hydrogen-bond acceptors (Lipinski definition) is 2. The van der Waals surface area contributed by atoms with Gasteiger partial charge in [-0.15, -0.1) is 0 Å². The summed E-state index contributed by atoms with van der Waals surface area (Å²) < 4.78 is 5.23. The molecule has 0 aromatic heterocycles. The van der Waals surface area contributed by atoms with Crippen LogP contribution in [0.25, 0.3) is 10.8 Å². The minimum absolute atomic E-state index is 0.910. The van der Waals surface area contributed by atoms with Crippen molar-refractivity contribution in [3.8, 4) is 5.75 Å². The molecule has 0 N–H and O–H groups in total. The molecule has 90 valence electrons. The minimum atomic E-state index is 0.910. The third kappa shape index (κ3) is 2.36. The van der Waals surface area contributed by atoms with Crippen LogP contribution < -0.4 is 9.64 Å². The number of benzene rings is 2. The summed E-state index contributed by atoms with van der Waals surface area (Å²) in [6.07, 6.45) is 0. The first-order chi connectivity index (χ1) is 8.28. The maximum Gasteiger partial charge on any atom is 0.119 e. The molecule has 0 saturated carbocycles. The van der Waals surface area contributed by atoms with Gasteiger partial charge in [-0.25, -0.2) is 0 Å². The van der Waals surface area contributed by atoms with Crippen molar-refractivity contribution < 1.29 is 4.74 Å². The SMILES string of the molecule is CCN(CC)c1ccc2cc(OC)ccc2c1. The second kappa shape index (κ2) is 5.09. The van der Waals surface area contributed by atoms with Gasteiger partial charge in [0, 0.05) is 18.8 Å². The first-order valence-electron chi connectivity index (χ1n) is 6.11. The summed E-state index contributed by atoms with van der Waals surface area (Å²) in [5.41, 5.74) is 1.28. The quantitative estimate of drug-likeness (QED) is 0.792. The van der Waals surface area contributed by atoms with Crippen molar-refractivity contribution in [2.75, 3.05) is 25.1 Å². The summed E-state index contributed by atoms with van der Waals surface area (Å²) in [6.45, 7) is 6.44. The molecule has 2 nitrogen and oxygen atoms in total. The molecule has 2 rings (SSSR count). The third-order valence-electron chi connectivity index (χ3n) is 3.16. The van der Waals surface area contributed by atoms with Crippen molar-refractivity contribution in [2.45, 2.75) is 13.8 Å². The fourth-order valence-corrected chi connectivity index (χ4v) is 2.12. The second-order valence-electron chi connectivity index (χ2n) is 4.07. The average molecular weight is 229 g/mol. The van der Waals surface area contributed by atoms with Gasteiger partial charge in [-0.1, -0.05) is 12.1 Å². The van der Waals surface area contributed by atoms with Gasteiger partial charge in [0.1, 0.15) is 5.75 Å². The summed E-state index contributed by atoms with van der Waals surface area (Å²) in [6, 6.07) is 12.8. The Labute approximate surface area is 103 Å². The van der Waals surface area contributed by atoms with Crippen LogP contribution in [-0.4, -0.2) is 20.2 Å². The summed E-state index contributed by atoms with van der Waals surface area (Å²) in [7, 11) is 1.70. The fraction of sp³-hybridized carbons (Fsp3) is 0.333. The van der Waals surface area contributed by atoms with Crippen molar-refractivity contribution >= 4 is 16.5 Å². The Balaban J connectivity index is 2.44. The van der Waals surface area contributed by atoms with Gasteiger partial charge in [0.2, 0.25) is 0 Å². The lowest BCUT2D eigenvalue weighted by Gasteiger charge is -2.21. The van der Waals surface area contributed by atoms with Gasteiger partial charge < -0.3 is 9.64 Å². The second-order valence-corrected chi connectivity index (χ2v) is 4.07. The molecule has 0 fully saturated rings. The molecule has 0 atom stereocenters. The molecule has 0 aliphatic rings. The molecule has 0 bridgehead atoms. The van der Waals surface area contributed by atoms with Crippen LogP contribution in [0.15, 0.2) is 36.4 Å². The zero-order chi connectivity index (χ0) is 12.3. The maximum absolute atomic E-state index is 5.23. The number of methoxy groups -OCH3 is 1. The van der Waals surface area contributed by atoms with Gasteiger partial charge in [0.25, 0.3) is 0 Å². The Hall–Kier alpha value is -1.70. The van der Waals surface area contributed by atoms with Crippen LogP contribution in [0.4, 0.5) is 5.69 Å². The molecule has 0 aliphatic heterocycles. The molecule has 0 amide bonds. The number of fused-ring (bicyclic) bond motifs is 1.